The van der Waals surface area contributed by atoms with Gasteiger partial charge in [0, 0.05) is 17.7 Å². The molecule has 43 heavy (non-hydrogen) atoms. The van der Waals surface area contributed by atoms with Crippen molar-refractivity contribution in [2.45, 2.75) is 37.6 Å². The highest BCUT2D eigenvalue weighted by Gasteiger charge is 2.47. The van der Waals surface area contributed by atoms with Gasteiger partial charge in [-0.3, -0.25) is 4.79 Å². The Labute approximate surface area is 239 Å². The number of ether oxygens (including phenoxy) is 3. The molecular formula is C28H24O15. The maximum atomic E-state index is 13.7. The molecule has 2 heterocycles. The number of phenols is 7. The third kappa shape index (κ3) is 5.23. The molecular weight excluding hydrogens is 576 g/mol. The summed E-state index contributed by atoms with van der Waals surface area (Å²) >= 11 is 0. The number of aromatic hydroxyl groups is 7. The number of hydrogen-bond donors (Lipinski definition) is 9. The van der Waals surface area contributed by atoms with E-state index < -0.39 is 105 Å². The molecule has 9 N–H and O–H groups in total. The topological polar surface area (TPSA) is 257 Å². The van der Waals surface area contributed by atoms with E-state index in [1.165, 1.54) is 13.0 Å². The van der Waals surface area contributed by atoms with Crippen molar-refractivity contribution in [3.63, 3.8) is 0 Å². The SMILES string of the molecule is CC1O[C@@H](Oc2c(-c3ccc(O)c(O)c3)oc3cc(O)cc(O)c3c2=O)[C@@H](OC(=O)c2cc(O)c(O)c(O)c2)C(O)[C@H]1O. The highest BCUT2D eigenvalue weighted by atomic mass is 16.7. The summed E-state index contributed by atoms with van der Waals surface area (Å²) in [5, 5.41) is 90.1. The first-order valence-electron chi connectivity index (χ1n) is 12.5. The van der Waals surface area contributed by atoms with E-state index in [0.29, 0.717) is 0 Å². The van der Waals surface area contributed by atoms with Gasteiger partial charge in [0.05, 0.1) is 11.7 Å². The maximum absolute atomic E-state index is 13.7. The van der Waals surface area contributed by atoms with E-state index in [1.54, 1.807) is 0 Å². The second-order valence-corrected chi connectivity index (χ2v) is 9.67. The Kier molecular flexibility index (Phi) is 7.31. The predicted molar refractivity (Wildman–Crippen MR) is 142 cm³/mol. The van der Waals surface area contributed by atoms with E-state index in [4.69, 9.17) is 18.6 Å². The largest absolute Gasteiger partial charge is 0.508 e. The molecule has 1 fully saturated rings. The van der Waals surface area contributed by atoms with E-state index in [0.717, 1.165) is 36.4 Å². The molecule has 1 aliphatic rings. The van der Waals surface area contributed by atoms with E-state index >= 15 is 0 Å². The van der Waals surface area contributed by atoms with Crippen molar-refractivity contribution >= 4 is 16.9 Å². The minimum Gasteiger partial charge on any atom is -0.508 e. The minimum atomic E-state index is -1.88. The van der Waals surface area contributed by atoms with Gasteiger partial charge >= 0.3 is 5.97 Å². The molecule has 15 nitrogen and oxygen atoms in total. The number of aliphatic hydroxyl groups excluding tert-OH is 2. The first-order chi connectivity index (χ1) is 20.3. The second-order valence-electron chi connectivity index (χ2n) is 9.67. The fourth-order valence-electron chi connectivity index (χ4n) is 4.48. The molecule has 1 saturated heterocycles. The fraction of sp³-hybridized carbons (Fsp3) is 0.214. The van der Waals surface area contributed by atoms with Crippen molar-refractivity contribution < 1.29 is 69.4 Å². The maximum Gasteiger partial charge on any atom is 0.339 e. The molecule has 0 radical (unpaired) electrons. The van der Waals surface area contributed by atoms with Crippen LogP contribution < -0.4 is 10.2 Å². The summed E-state index contributed by atoms with van der Waals surface area (Å²) in [6.45, 7) is 1.34. The number of carbonyl (C=O) groups excluding carboxylic acids is 1. The molecule has 1 aromatic heterocycles. The van der Waals surface area contributed by atoms with Crippen LogP contribution in [0.2, 0.25) is 0 Å². The second kappa shape index (κ2) is 10.8. The zero-order valence-electron chi connectivity index (χ0n) is 21.9. The van der Waals surface area contributed by atoms with E-state index in [1.807, 2.05) is 0 Å². The van der Waals surface area contributed by atoms with Crippen molar-refractivity contribution in [3.8, 4) is 57.3 Å². The van der Waals surface area contributed by atoms with Gasteiger partial charge < -0.3 is 64.6 Å². The van der Waals surface area contributed by atoms with Crippen LogP contribution in [0.5, 0.6) is 46.0 Å². The average Bonchev–Trinajstić information content (AvgIpc) is 2.94. The number of esters is 1. The number of rotatable bonds is 5. The third-order valence-corrected chi connectivity index (χ3v) is 6.72. The molecule has 1 aliphatic heterocycles. The first kappa shape index (κ1) is 29.1. The molecule has 5 rings (SSSR count). The lowest BCUT2D eigenvalue weighted by Gasteiger charge is -2.40. The Bertz CT molecular complexity index is 1770. The van der Waals surface area contributed by atoms with Crippen molar-refractivity contribution in [2.75, 3.05) is 0 Å². The Hall–Kier alpha value is -5.38. The molecule has 0 saturated carbocycles. The summed E-state index contributed by atoms with van der Waals surface area (Å²) in [6.07, 6.45) is -8.39. The van der Waals surface area contributed by atoms with Crippen LogP contribution in [0.3, 0.4) is 0 Å². The summed E-state index contributed by atoms with van der Waals surface area (Å²) in [6, 6.07) is 6.72. The number of fused-ring (bicyclic) bond motifs is 1. The first-order valence-corrected chi connectivity index (χ1v) is 12.5. The lowest BCUT2D eigenvalue weighted by atomic mass is 9.99. The Balaban J connectivity index is 1.62. The molecule has 4 aromatic rings. The van der Waals surface area contributed by atoms with Gasteiger partial charge in [0.2, 0.25) is 17.5 Å². The smallest absolute Gasteiger partial charge is 0.339 e. The molecule has 226 valence electrons. The molecule has 2 unspecified atom stereocenters. The van der Waals surface area contributed by atoms with E-state index in [9.17, 15) is 55.5 Å². The Morgan fingerprint density at radius 2 is 1.49 bits per heavy atom. The molecule has 3 aromatic carbocycles. The van der Waals surface area contributed by atoms with Crippen molar-refractivity contribution in [1.29, 1.82) is 0 Å². The summed E-state index contributed by atoms with van der Waals surface area (Å²) in [4.78, 5) is 26.6. The van der Waals surface area contributed by atoms with Crippen molar-refractivity contribution in [1.82, 2.24) is 0 Å². The highest BCUT2D eigenvalue weighted by Crippen LogP contribution is 2.40. The molecule has 0 aliphatic carbocycles. The van der Waals surface area contributed by atoms with Gasteiger partial charge in [-0.2, -0.15) is 0 Å². The van der Waals surface area contributed by atoms with Gasteiger partial charge in [-0.25, -0.2) is 4.79 Å². The molecule has 15 heteroatoms. The van der Waals surface area contributed by atoms with Gasteiger partial charge in [0.25, 0.3) is 0 Å². The van der Waals surface area contributed by atoms with Crippen molar-refractivity contribution in [3.05, 3.63) is 58.3 Å². The van der Waals surface area contributed by atoms with Gasteiger partial charge in [-0.1, -0.05) is 0 Å². The summed E-state index contributed by atoms with van der Waals surface area (Å²) in [5.41, 5.74) is -1.86. The number of carbonyl (C=O) groups is 1. The highest BCUT2D eigenvalue weighted by molar-refractivity contribution is 5.91. The van der Waals surface area contributed by atoms with Gasteiger partial charge in [-0.05, 0) is 37.3 Å². The normalized spacial score (nSPS) is 21.9. The van der Waals surface area contributed by atoms with Crippen LogP contribution in [0.4, 0.5) is 0 Å². The number of benzene rings is 3. The minimum absolute atomic E-state index is 0.0415. The lowest BCUT2D eigenvalue weighted by molar-refractivity contribution is -0.267. The summed E-state index contributed by atoms with van der Waals surface area (Å²) < 4.78 is 22.5. The quantitative estimate of drug-likeness (QED) is 0.116. The summed E-state index contributed by atoms with van der Waals surface area (Å²) in [7, 11) is 0. The van der Waals surface area contributed by atoms with Gasteiger partial charge in [0.15, 0.2) is 40.6 Å². The van der Waals surface area contributed by atoms with E-state index in [-0.39, 0.29) is 11.1 Å². The average molecular weight is 600 g/mol. The standard InChI is InChI=1S/C28H24O15/c1-9-20(35)23(38)26(42-27(39)11-5-16(33)21(36)17(34)6-11)28(40-9)43-25-22(37)19-15(32)7-12(29)8-18(19)41-24(25)10-2-3-13(30)14(31)4-10/h2-9,20,23,26,28-36,38H,1H3/t9?,20-,23?,26-,28-/m0/s1. The van der Waals surface area contributed by atoms with Crippen molar-refractivity contribution in [2.24, 2.45) is 0 Å². The zero-order valence-corrected chi connectivity index (χ0v) is 21.9. The van der Waals surface area contributed by atoms with Crippen LogP contribution in [-0.2, 0) is 9.47 Å². The van der Waals surface area contributed by atoms with Crippen LogP contribution in [0.15, 0.2) is 51.7 Å². The predicted octanol–water partition coefficient (Wildman–Crippen LogP) is 1.47. The fourth-order valence-corrected chi connectivity index (χ4v) is 4.48. The molecule has 0 amide bonds. The number of phenolic OH excluding ortho intramolecular Hbond substituents is 7. The molecule has 0 bridgehead atoms. The van der Waals surface area contributed by atoms with Crippen LogP contribution >= 0.6 is 0 Å². The lowest BCUT2D eigenvalue weighted by Crippen LogP contribution is -2.60. The van der Waals surface area contributed by atoms with Crippen LogP contribution in [0.25, 0.3) is 22.3 Å². The third-order valence-electron chi connectivity index (χ3n) is 6.72. The van der Waals surface area contributed by atoms with E-state index in [2.05, 4.69) is 0 Å². The van der Waals surface area contributed by atoms with Crippen LogP contribution in [0, 0.1) is 0 Å². The van der Waals surface area contributed by atoms with Crippen LogP contribution in [-0.4, -0.2) is 82.6 Å². The zero-order chi connectivity index (χ0) is 31.3. The summed E-state index contributed by atoms with van der Waals surface area (Å²) in [5.74, 6) is -7.30. The van der Waals surface area contributed by atoms with Crippen LogP contribution in [0.1, 0.15) is 17.3 Å². The monoisotopic (exact) mass is 600 g/mol. The van der Waals surface area contributed by atoms with Gasteiger partial charge in [0.1, 0.15) is 34.7 Å². The molecule has 5 atom stereocenters. The number of hydrogen-bond acceptors (Lipinski definition) is 15. The molecule has 0 spiro atoms. The van der Waals surface area contributed by atoms with Gasteiger partial charge in [-0.15, -0.1) is 0 Å². The Morgan fingerprint density at radius 1 is 0.814 bits per heavy atom. The number of aliphatic hydroxyl groups is 2. The Morgan fingerprint density at radius 3 is 2.14 bits per heavy atom.